The second kappa shape index (κ2) is 10.4. The molecule has 0 bridgehead atoms. The number of nitrogens with one attached hydrogen (secondary N) is 1. The Bertz CT molecular complexity index is 1360. The van der Waals surface area contributed by atoms with Crippen molar-refractivity contribution in [1.29, 1.82) is 0 Å². The van der Waals surface area contributed by atoms with Gasteiger partial charge in [0.1, 0.15) is 22.5 Å². The van der Waals surface area contributed by atoms with E-state index in [1.54, 1.807) is 30.0 Å². The number of halogens is 2. The van der Waals surface area contributed by atoms with Crippen LogP contribution in [-0.4, -0.2) is 58.3 Å². The number of thiophene rings is 1. The summed E-state index contributed by atoms with van der Waals surface area (Å²) >= 11 is 0.887. The van der Waals surface area contributed by atoms with Gasteiger partial charge in [0, 0.05) is 18.0 Å². The lowest BCUT2D eigenvalue weighted by atomic mass is 9.94. The number of benzene rings is 1. The number of anilines is 2. The van der Waals surface area contributed by atoms with Gasteiger partial charge in [-0.15, -0.1) is 11.3 Å². The number of ether oxygens (including phenoxy) is 1. The van der Waals surface area contributed by atoms with Gasteiger partial charge in [0.25, 0.3) is 5.91 Å². The maximum Gasteiger partial charge on any atom is 0.330 e. The molecule has 1 unspecified atom stereocenters. The predicted octanol–water partition coefficient (Wildman–Crippen LogP) is 3.79. The zero-order valence-corrected chi connectivity index (χ0v) is 21.9. The van der Waals surface area contributed by atoms with Crippen molar-refractivity contribution in [2.24, 2.45) is 5.73 Å². The molecule has 1 atom stereocenters. The summed E-state index contributed by atoms with van der Waals surface area (Å²) in [5.74, 6) is -3.51. The van der Waals surface area contributed by atoms with Crippen LogP contribution in [0.1, 0.15) is 42.4 Å². The summed E-state index contributed by atoms with van der Waals surface area (Å²) in [5, 5.41) is 23.4. The summed E-state index contributed by atoms with van der Waals surface area (Å²) < 4.78 is 35.3. The van der Waals surface area contributed by atoms with E-state index in [9.17, 15) is 28.6 Å². The zero-order valence-electron chi connectivity index (χ0n) is 21.0. The summed E-state index contributed by atoms with van der Waals surface area (Å²) in [6.45, 7) is 5.99. The number of primary amides is 1. The molecule has 0 aliphatic carbocycles. The van der Waals surface area contributed by atoms with Crippen LogP contribution in [0.25, 0.3) is 10.4 Å². The first kappa shape index (κ1) is 27.6. The standard InChI is InChI=1S/C26H28F2N4O5S/c1-25(2,36)14-11-16(27)21(17(28)12-14)18-13-15(22(29)33)23(38-18)31-20-6-4-5-19(30-20)26(3,24(34)35)32-7-9-37-10-8-32/h4-6,11-13,36H,7-10H2,1-3H3,(H2,29,33)(H,30,31)(H,34,35). The highest BCUT2D eigenvalue weighted by Crippen LogP contribution is 2.40. The van der Waals surface area contributed by atoms with E-state index in [2.05, 4.69) is 10.3 Å². The fourth-order valence-corrected chi connectivity index (χ4v) is 5.38. The van der Waals surface area contributed by atoms with Crippen molar-refractivity contribution in [2.75, 3.05) is 31.6 Å². The number of aromatic nitrogens is 1. The van der Waals surface area contributed by atoms with Crippen LogP contribution in [0.2, 0.25) is 0 Å². The minimum absolute atomic E-state index is 0.0169. The van der Waals surface area contributed by atoms with Crippen molar-refractivity contribution < 1.29 is 33.3 Å². The zero-order chi connectivity index (χ0) is 27.8. The maximum atomic E-state index is 15.0. The number of nitrogens with zero attached hydrogens (tertiary/aromatic N) is 2. The van der Waals surface area contributed by atoms with Crippen LogP contribution in [0.4, 0.5) is 19.6 Å². The number of aliphatic carboxylic acids is 1. The number of nitrogens with two attached hydrogens (primary N) is 1. The third-order valence-corrected chi connectivity index (χ3v) is 7.61. The molecule has 1 aliphatic rings. The predicted molar refractivity (Wildman–Crippen MR) is 138 cm³/mol. The van der Waals surface area contributed by atoms with Crippen molar-refractivity contribution in [2.45, 2.75) is 31.9 Å². The lowest BCUT2D eigenvalue weighted by Gasteiger charge is -2.39. The first-order valence-electron chi connectivity index (χ1n) is 11.8. The molecule has 0 radical (unpaired) electrons. The Morgan fingerprint density at radius 1 is 1.13 bits per heavy atom. The van der Waals surface area contributed by atoms with Crippen LogP contribution in [0.15, 0.2) is 36.4 Å². The summed E-state index contributed by atoms with van der Waals surface area (Å²) in [5.41, 5.74) is 2.58. The molecule has 3 heterocycles. The molecular formula is C26H28F2N4O5S. The highest BCUT2D eigenvalue weighted by Gasteiger charge is 2.43. The average molecular weight is 547 g/mol. The van der Waals surface area contributed by atoms with E-state index < -0.39 is 34.7 Å². The van der Waals surface area contributed by atoms with E-state index in [-0.39, 0.29) is 38.1 Å². The molecule has 9 nitrogen and oxygen atoms in total. The lowest BCUT2D eigenvalue weighted by Crippen LogP contribution is -2.54. The number of rotatable bonds is 8. The number of carbonyl (C=O) groups is 2. The minimum atomic E-state index is -1.46. The molecule has 38 heavy (non-hydrogen) atoms. The van der Waals surface area contributed by atoms with Gasteiger partial charge in [-0.25, -0.2) is 18.6 Å². The minimum Gasteiger partial charge on any atom is -0.480 e. The van der Waals surface area contributed by atoms with E-state index in [0.717, 1.165) is 23.5 Å². The molecule has 0 saturated carbocycles. The normalized spacial score (nSPS) is 16.2. The Balaban J connectivity index is 1.72. The molecule has 1 amide bonds. The number of morpholine rings is 1. The largest absolute Gasteiger partial charge is 0.480 e. The molecule has 202 valence electrons. The van der Waals surface area contributed by atoms with Crippen LogP contribution in [-0.2, 0) is 20.7 Å². The van der Waals surface area contributed by atoms with Crippen LogP contribution >= 0.6 is 11.3 Å². The van der Waals surface area contributed by atoms with E-state index in [4.69, 9.17) is 10.5 Å². The Kier molecular flexibility index (Phi) is 7.53. The van der Waals surface area contributed by atoms with E-state index >= 15 is 0 Å². The van der Waals surface area contributed by atoms with Gasteiger partial charge < -0.3 is 26.0 Å². The third kappa shape index (κ3) is 5.25. The van der Waals surface area contributed by atoms with Gasteiger partial charge in [0.05, 0.1) is 35.6 Å². The van der Waals surface area contributed by atoms with Crippen LogP contribution < -0.4 is 11.1 Å². The molecule has 1 aromatic carbocycles. The van der Waals surface area contributed by atoms with Gasteiger partial charge in [-0.3, -0.25) is 9.69 Å². The number of hydrogen-bond donors (Lipinski definition) is 4. The quantitative estimate of drug-likeness (QED) is 0.335. The van der Waals surface area contributed by atoms with Crippen LogP contribution in [0, 0.1) is 11.6 Å². The fourth-order valence-electron chi connectivity index (χ4n) is 4.26. The number of aliphatic hydroxyl groups is 1. The maximum absolute atomic E-state index is 15.0. The number of amides is 1. The molecule has 12 heteroatoms. The molecule has 1 aliphatic heterocycles. The first-order valence-corrected chi connectivity index (χ1v) is 12.6. The summed E-state index contributed by atoms with van der Waals surface area (Å²) in [7, 11) is 0. The fraction of sp³-hybridized carbons (Fsp3) is 0.346. The van der Waals surface area contributed by atoms with Crippen molar-refractivity contribution in [3.63, 3.8) is 0 Å². The Labute approximate surface area is 221 Å². The number of hydrogen-bond acceptors (Lipinski definition) is 8. The molecule has 2 aromatic heterocycles. The van der Waals surface area contributed by atoms with Crippen molar-refractivity contribution >= 4 is 34.0 Å². The summed E-state index contributed by atoms with van der Waals surface area (Å²) in [6, 6.07) is 8.16. The lowest BCUT2D eigenvalue weighted by molar-refractivity contribution is -0.154. The highest BCUT2D eigenvalue weighted by atomic mass is 32.1. The highest BCUT2D eigenvalue weighted by molar-refractivity contribution is 7.20. The van der Waals surface area contributed by atoms with Crippen LogP contribution in [0.3, 0.4) is 0 Å². The van der Waals surface area contributed by atoms with E-state index in [0.29, 0.717) is 26.3 Å². The second-order valence-corrected chi connectivity index (χ2v) is 10.7. The summed E-state index contributed by atoms with van der Waals surface area (Å²) in [4.78, 5) is 30.9. The topological polar surface area (TPSA) is 138 Å². The second-order valence-electron chi connectivity index (χ2n) is 9.60. The van der Waals surface area contributed by atoms with Crippen LogP contribution in [0.5, 0.6) is 0 Å². The van der Waals surface area contributed by atoms with Gasteiger partial charge in [-0.2, -0.15) is 0 Å². The Morgan fingerprint density at radius 2 is 1.76 bits per heavy atom. The number of carboxylic acid groups (broad SMARTS) is 1. The van der Waals surface area contributed by atoms with E-state index in [1.165, 1.54) is 19.9 Å². The molecule has 0 spiro atoms. The third-order valence-electron chi connectivity index (χ3n) is 6.54. The number of carbonyl (C=O) groups excluding carboxylic acids is 1. The molecule has 1 saturated heterocycles. The SMILES string of the molecule is CC(C)(O)c1cc(F)c(-c2cc(C(N)=O)c(Nc3cccc(C(C)(C(=O)O)N4CCOCC4)n3)s2)c(F)c1. The molecule has 5 N–H and O–H groups in total. The van der Waals surface area contributed by atoms with Crippen molar-refractivity contribution in [1.82, 2.24) is 9.88 Å². The van der Waals surface area contributed by atoms with Crippen molar-refractivity contribution in [3.8, 4) is 10.4 Å². The molecule has 1 fully saturated rings. The monoisotopic (exact) mass is 546 g/mol. The van der Waals surface area contributed by atoms with Gasteiger partial charge in [-0.1, -0.05) is 6.07 Å². The Morgan fingerprint density at radius 3 is 2.32 bits per heavy atom. The van der Waals surface area contributed by atoms with Gasteiger partial charge in [-0.05, 0) is 56.7 Å². The first-order chi connectivity index (χ1) is 17.8. The molecular weight excluding hydrogens is 518 g/mol. The summed E-state index contributed by atoms with van der Waals surface area (Å²) in [6.07, 6.45) is 0. The van der Waals surface area contributed by atoms with Gasteiger partial charge >= 0.3 is 5.97 Å². The molecule has 3 aromatic rings. The Hall–Kier alpha value is -3.45. The number of pyridine rings is 1. The van der Waals surface area contributed by atoms with E-state index in [1.807, 2.05) is 0 Å². The van der Waals surface area contributed by atoms with Crippen molar-refractivity contribution in [3.05, 3.63) is 64.9 Å². The van der Waals surface area contributed by atoms with Gasteiger partial charge in [0.15, 0.2) is 5.54 Å². The smallest absolute Gasteiger partial charge is 0.330 e. The molecule has 4 rings (SSSR count). The van der Waals surface area contributed by atoms with Gasteiger partial charge in [0.2, 0.25) is 0 Å². The number of carboxylic acids is 1. The average Bonchev–Trinajstić information content (AvgIpc) is 3.26.